The van der Waals surface area contributed by atoms with Crippen molar-refractivity contribution in [1.29, 1.82) is 0 Å². The molecule has 1 atom stereocenters. The number of nitrogens with zero attached hydrogens (tertiary/aromatic N) is 6. The van der Waals surface area contributed by atoms with Crippen molar-refractivity contribution in [3.05, 3.63) is 35.4 Å². The summed E-state index contributed by atoms with van der Waals surface area (Å²) in [6, 6.07) is 2.21. The molecule has 3 N–H and O–H groups in total. The first-order valence-corrected chi connectivity index (χ1v) is 11.2. The molecule has 8 nitrogen and oxygen atoms in total. The van der Waals surface area contributed by atoms with Gasteiger partial charge in [-0.05, 0) is 37.1 Å². The van der Waals surface area contributed by atoms with Gasteiger partial charge >= 0.3 is 0 Å². The van der Waals surface area contributed by atoms with Crippen molar-refractivity contribution in [3.63, 3.8) is 0 Å². The maximum atomic E-state index is 6.71. The van der Waals surface area contributed by atoms with Gasteiger partial charge in [-0.15, -0.1) is 0 Å². The molecule has 0 radical (unpaired) electrons. The second-order valence-electron chi connectivity index (χ2n) is 7.22. The molecule has 0 aliphatic carbocycles. The minimum absolute atomic E-state index is 0.259. The fourth-order valence-corrected chi connectivity index (χ4v) is 5.04. The molecule has 0 saturated carbocycles. The maximum absolute atomic E-state index is 6.71. The molecule has 4 aromatic rings. The third-order valence-corrected chi connectivity index (χ3v) is 6.65. The van der Waals surface area contributed by atoms with Gasteiger partial charge < -0.3 is 15.6 Å². The zero-order chi connectivity index (χ0) is 20.7. The number of aromatic amines is 1. The van der Waals surface area contributed by atoms with Crippen molar-refractivity contribution < 1.29 is 0 Å². The number of fused-ring (bicyclic) bond motifs is 2. The zero-order valence-electron chi connectivity index (χ0n) is 16.5. The van der Waals surface area contributed by atoms with Crippen LogP contribution in [0, 0.1) is 0 Å². The Hall–Kier alpha value is -2.49. The second-order valence-corrected chi connectivity index (χ2v) is 8.64. The summed E-state index contributed by atoms with van der Waals surface area (Å²) in [5.74, 6) is 0.852. The molecule has 154 valence electrons. The van der Waals surface area contributed by atoms with E-state index in [4.69, 9.17) is 27.3 Å². The Bertz CT molecular complexity index is 1230. The van der Waals surface area contributed by atoms with Crippen LogP contribution in [-0.4, -0.2) is 49.0 Å². The van der Waals surface area contributed by atoms with E-state index in [1.807, 2.05) is 6.07 Å². The van der Waals surface area contributed by atoms with E-state index in [1.54, 1.807) is 18.6 Å². The first kappa shape index (κ1) is 19.5. The Kier molecular flexibility index (Phi) is 5.18. The lowest BCUT2D eigenvalue weighted by Gasteiger charge is -2.25. The minimum Gasteiger partial charge on any atom is -0.352 e. The SMILES string of the molecule is CCc1[nH]c2nc(Sc3cnc4nccnc4c3)nc(N3CCC[C@H]3CN)c2c1Cl. The van der Waals surface area contributed by atoms with E-state index in [-0.39, 0.29) is 6.04 Å². The number of pyridine rings is 1. The zero-order valence-corrected chi connectivity index (χ0v) is 18.0. The van der Waals surface area contributed by atoms with Crippen LogP contribution in [0.4, 0.5) is 5.82 Å². The molecule has 0 aromatic carbocycles. The first-order chi connectivity index (χ1) is 14.7. The van der Waals surface area contributed by atoms with Gasteiger partial charge in [0.05, 0.1) is 10.4 Å². The highest BCUT2D eigenvalue weighted by molar-refractivity contribution is 7.99. The molecule has 0 unspecified atom stereocenters. The average Bonchev–Trinajstić information content (AvgIpc) is 3.37. The quantitative estimate of drug-likeness (QED) is 0.453. The number of nitrogens with two attached hydrogens (primary N) is 1. The summed E-state index contributed by atoms with van der Waals surface area (Å²) in [4.78, 5) is 29.2. The van der Waals surface area contributed by atoms with E-state index < -0.39 is 0 Å². The standard InChI is InChI=1S/C20H21ClN8S/c1-2-13-16(21)15-18(26-13)27-20(28-19(15)29-7-3-4-11(29)9-22)30-12-8-14-17(25-10-12)24-6-5-23-14/h5-6,8,10-11H,2-4,7,9,22H2,1H3,(H,26,27,28)/t11-/m0/s1. The monoisotopic (exact) mass is 440 g/mol. The molecular weight excluding hydrogens is 420 g/mol. The Morgan fingerprint density at radius 3 is 2.97 bits per heavy atom. The summed E-state index contributed by atoms with van der Waals surface area (Å²) >= 11 is 8.16. The highest BCUT2D eigenvalue weighted by atomic mass is 35.5. The summed E-state index contributed by atoms with van der Waals surface area (Å²) < 4.78 is 0. The predicted octanol–water partition coefficient (Wildman–Crippen LogP) is 3.59. The number of rotatable bonds is 5. The van der Waals surface area contributed by atoms with Crippen LogP contribution in [0.2, 0.25) is 5.02 Å². The molecule has 4 aromatic heterocycles. The summed E-state index contributed by atoms with van der Waals surface area (Å²) in [5, 5.41) is 2.20. The van der Waals surface area contributed by atoms with Gasteiger partial charge in [0.2, 0.25) is 0 Å². The van der Waals surface area contributed by atoms with Gasteiger partial charge in [-0.25, -0.2) is 19.9 Å². The van der Waals surface area contributed by atoms with Gasteiger partial charge in [0.15, 0.2) is 10.8 Å². The lowest BCUT2D eigenvalue weighted by molar-refractivity contribution is 0.670. The van der Waals surface area contributed by atoms with Gasteiger partial charge in [0, 0.05) is 48.3 Å². The van der Waals surface area contributed by atoms with Crippen LogP contribution in [-0.2, 0) is 6.42 Å². The van der Waals surface area contributed by atoms with Crippen LogP contribution < -0.4 is 10.6 Å². The van der Waals surface area contributed by atoms with Crippen molar-refractivity contribution in [2.45, 2.75) is 42.3 Å². The van der Waals surface area contributed by atoms with E-state index in [0.717, 1.165) is 58.8 Å². The fourth-order valence-electron chi connectivity index (χ4n) is 3.93. The Morgan fingerprint density at radius 2 is 2.13 bits per heavy atom. The lowest BCUT2D eigenvalue weighted by Crippen LogP contribution is -2.36. The molecule has 30 heavy (non-hydrogen) atoms. The van der Waals surface area contributed by atoms with E-state index >= 15 is 0 Å². The molecule has 1 fully saturated rings. The first-order valence-electron chi connectivity index (χ1n) is 9.97. The van der Waals surface area contributed by atoms with Crippen LogP contribution in [0.1, 0.15) is 25.5 Å². The smallest absolute Gasteiger partial charge is 0.196 e. The minimum atomic E-state index is 0.259. The van der Waals surface area contributed by atoms with Crippen LogP contribution in [0.15, 0.2) is 34.7 Å². The van der Waals surface area contributed by atoms with E-state index in [1.165, 1.54) is 11.8 Å². The molecular formula is C20H21ClN8S. The maximum Gasteiger partial charge on any atom is 0.196 e. The topological polar surface area (TPSA) is 109 Å². The van der Waals surface area contributed by atoms with Gasteiger partial charge in [-0.3, -0.25) is 4.98 Å². The molecule has 0 spiro atoms. The summed E-state index contributed by atoms with van der Waals surface area (Å²) in [6.07, 6.45) is 8.01. The van der Waals surface area contributed by atoms with Crippen LogP contribution >= 0.6 is 23.4 Å². The van der Waals surface area contributed by atoms with Gasteiger partial charge in [-0.1, -0.05) is 18.5 Å². The summed E-state index contributed by atoms with van der Waals surface area (Å²) in [5.41, 5.74) is 9.11. The number of nitrogens with one attached hydrogen (secondary N) is 1. The Balaban J connectivity index is 1.61. The van der Waals surface area contributed by atoms with Crippen LogP contribution in [0.5, 0.6) is 0 Å². The highest BCUT2D eigenvalue weighted by Gasteiger charge is 2.29. The molecule has 5 rings (SSSR count). The number of aromatic nitrogens is 6. The lowest BCUT2D eigenvalue weighted by atomic mass is 10.2. The summed E-state index contributed by atoms with van der Waals surface area (Å²) in [6.45, 7) is 3.57. The number of aryl methyl sites for hydroxylation is 1. The Labute approximate surface area is 182 Å². The van der Waals surface area contributed by atoms with Gasteiger partial charge in [0.25, 0.3) is 0 Å². The molecule has 0 amide bonds. The van der Waals surface area contributed by atoms with Crippen molar-refractivity contribution in [1.82, 2.24) is 29.9 Å². The predicted molar refractivity (Wildman–Crippen MR) is 119 cm³/mol. The molecule has 10 heteroatoms. The molecule has 5 heterocycles. The van der Waals surface area contributed by atoms with Gasteiger partial charge in [-0.2, -0.15) is 0 Å². The molecule has 1 aliphatic rings. The van der Waals surface area contributed by atoms with Crippen molar-refractivity contribution in [3.8, 4) is 0 Å². The number of anilines is 1. The second kappa shape index (κ2) is 7.98. The molecule has 1 aliphatic heterocycles. The normalized spacial score (nSPS) is 16.8. The van der Waals surface area contributed by atoms with E-state index in [9.17, 15) is 0 Å². The van der Waals surface area contributed by atoms with Crippen molar-refractivity contribution in [2.75, 3.05) is 18.0 Å². The average molecular weight is 441 g/mol. The number of H-pyrrole nitrogens is 1. The van der Waals surface area contributed by atoms with Crippen molar-refractivity contribution >= 4 is 51.4 Å². The van der Waals surface area contributed by atoms with E-state index in [2.05, 4.69) is 31.8 Å². The molecule has 0 bridgehead atoms. The largest absolute Gasteiger partial charge is 0.352 e. The number of halogens is 1. The number of hydrogen-bond donors (Lipinski definition) is 2. The van der Waals surface area contributed by atoms with Crippen molar-refractivity contribution in [2.24, 2.45) is 5.73 Å². The highest BCUT2D eigenvalue weighted by Crippen LogP contribution is 2.38. The van der Waals surface area contributed by atoms with E-state index in [0.29, 0.717) is 22.4 Å². The number of hydrogen-bond acceptors (Lipinski definition) is 8. The molecule has 1 saturated heterocycles. The fraction of sp³-hybridized carbons (Fsp3) is 0.350. The summed E-state index contributed by atoms with van der Waals surface area (Å²) in [7, 11) is 0. The van der Waals surface area contributed by atoms with Gasteiger partial charge in [0.1, 0.15) is 17.0 Å². The Morgan fingerprint density at radius 1 is 1.27 bits per heavy atom. The van der Waals surface area contributed by atoms with Crippen LogP contribution in [0.25, 0.3) is 22.2 Å². The third-order valence-electron chi connectivity index (χ3n) is 5.41. The third kappa shape index (κ3) is 3.36. The van der Waals surface area contributed by atoms with Crippen LogP contribution in [0.3, 0.4) is 0 Å².